The number of carbonyl (C=O) groups is 1. The molecule has 0 bridgehead atoms. The number of amides is 1. The van der Waals surface area contributed by atoms with E-state index in [0.717, 1.165) is 55.8 Å². The van der Waals surface area contributed by atoms with Crippen molar-refractivity contribution < 1.29 is 19.0 Å². The molecule has 1 amide bonds. The summed E-state index contributed by atoms with van der Waals surface area (Å²) in [5.41, 5.74) is 10.9. The predicted molar refractivity (Wildman–Crippen MR) is 255 cm³/mol. The third-order valence-electron chi connectivity index (χ3n) is 12.4. The summed E-state index contributed by atoms with van der Waals surface area (Å²) in [5, 5.41) is 3.56. The minimum atomic E-state index is -0.0456. The number of nitrogens with zero attached hydrogens (tertiary/aromatic N) is 4. The molecule has 3 aliphatic heterocycles. The molecule has 0 radical (unpaired) electrons. The number of hydrogen-bond donors (Lipinski definition) is 2. The topological polar surface area (TPSA) is 95.8 Å². The van der Waals surface area contributed by atoms with Crippen LogP contribution in [-0.4, -0.2) is 138 Å². The van der Waals surface area contributed by atoms with Gasteiger partial charge in [0.05, 0.1) is 21.3 Å². The van der Waals surface area contributed by atoms with Crippen molar-refractivity contribution in [3.63, 3.8) is 0 Å². The van der Waals surface area contributed by atoms with Crippen LogP contribution in [0.1, 0.15) is 93.1 Å². The SMILES string of the molecule is C/C(=C\c1ccccc1)CNCCC1CCCN1C.CN1CCCC1CCN.COc1cc(C(=O)N(CCC2CCCN2C)C/C(C)=C/c2ccccc2)cc(OC)c1OC. The van der Waals surface area contributed by atoms with Gasteiger partial charge >= 0.3 is 0 Å². The average molecular weight is 839 g/mol. The lowest BCUT2D eigenvalue weighted by Gasteiger charge is -2.27. The van der Waals surface area contributed by atoms with Crippen LogP contribution in [0.2, 0.25) is 0 Å². The quantitative estimate of drug-likeness (QED) is 0.123. The van der Waals surface area contributed by atoms with Crippen molar-refractivity contribution in [3.8, 4) is 17.2 Å². The highest BCUT2D eigenvalue weighted by atomic mass is 16.5. The van der Waals surface area contributed by atoms with Crippen LogP contribution in [0.15, 0.2) is 83.9 Å². The van der Waals surface area contributed by atoms with Crippen molar-refractivity contribution in [3.05, 3.63) is 101 Å². The third kappa shape index (κ3) is 16.6. The number of carbonyl (C=O) groups excluding carboxylic acids is 1. The van der Waals surface area contributed by atoms with Gasteiger partial charge in [-0.1, -0.05) is 84.0 Å². The van der Waals surface area contributed by atoms with E-state index in [1.165, 1.54) is 75.6 Å². The average Bonchev–Trinajstić information content (AvgIpc) is 4.01. The number of methoxy groups -OCH3 is 3. The number of nitrogens with one attached hydrogen (secondary N) is 1. The van der Waals surface area contributed by atoms with E-state index in [-0.39, 0.29) is 5.91 Å². The highest BCUT2D eigenvalue weighted by Gasteiger charge is 2.26. The molecule has 336 valence electrons. The van der Waals surface area contributed by atoms with E-state index in [4.69, 9.17) is 19.9 Å². The van der Waals surface area contributed by atoms with Crippen molar-refractivity contribution in [1.82, 2.24) is 24.9 Å². The van der Waals surface area contributed by atoms with Crippen LogP contribution in [0, 0.1) is 0 Å². The maximum atomic E-state index is 13.7. The summed E-state index contributed by atoms with van der Waals surface area (Å²) in [7, 11) is 11.3. The van der Waals surface area contributed by atoms with Gasteiger partial charge in [0.2, 0.25) is 5.75 Å². The minimum absolute atomic E-state index is 0.0456. The van der Waals surface area contributed by atoms with E-state index in [1.54, 1.807) is 33.5 Å². The van der Waals surface area contributed by atoms with Gasteiger partial charge in [-0.05, 0) is 149 Å². The van der Waals surface area contributed by atoms with Gasteiger partial charge in [0.1, 0.15) is 0 Å². The van der Waals surface area contributed by atoms with Crippen molar-refractivity contribution in [2.75, 3.05) is 94.8 Å². The van der Waals surface area contributed by atoms with Crippen LogP contribution >= 0.6 is 0 Å². The predicted octanol–water partition coefficient (Wildman–Crippen LogP) is 8.34. The molecule has 61 heavy (non-hydrogen) atoms. The van der Waals surface area contributed by atoms with Crippen LogP contribution in [0.4, 0.5) is 0 Å². The molecule has 6 rings (SSSR count). The van der Waals surface area contributed by atoms with E-state index in [1.807, 2.05) is 23.1 Å². The van der Waals surface area contributed by atoms with Crippen molar-refractivity contribution in [2.24, 2.45) is 5.73 Å². The van der Waals surface area contributed by atoms with Gasteiger partial charge < -0.3 is 44.9 Å². The molecule has 10 heteroatoms. The second kappa shape index (κ2) is 27.0. The summed E-state index contributed by atoms with van der Waals surface area (Å²) in [6.07, 6.45) is 15.7. The minimum Gasteiger partial charge on any atom is -0.493 e. The Kier molecular flexibility index (Phi) is 21.9. The Bertz CT molecular complexity index is 1740. The lowest BCUT2D eigenvalue weighted by Crippen LogP contribution is -2.37. The van der Waals surface area contributed by atoms with Crippen LogP contribution in [0.5, 0.6) is 17.2 Å². The zero-order valence-electron chi connectivity index (χ0n) is 38.8. The summed E-state index contributed by atoms with van der Waals surface area (Å²) >= 11 is 0. The van der Waals surface area contributed by atoms with E-state index < -0.39 is 0 Å². The molecule has 3 aliphatic rings. The molecule has 3 fully saturated rings. The molecule has 3 saturated heterocycles. The molecule has 3 atom stereocenters. The lowest BCUT2D eigenvalue weighted by molar-refractivity contribution is 0.0757. The fourth-order valence-corrected chi connectivity index (χ4v) is 8.79. The number of hydrogen-bond acceptors (Lipinski definition) is 9. The van der Waals surface area contributed by atoms with Gasteiger partial charge in [0.25, 0.3) is 5.91 Å². The molecule has 3 heterocycles. The van der Waals surface area contributed by atoms with Gasteiger partial charge in [-0.2, -0.15) is 0 Å². The first-order valence-electron chi connectivity index (χ1n) is 22.6. The Balaban J connectivity index is 0.000000243. The zero-order chi connectivity index (χ0) is 44.0. The van der Waals surface area contributed by atoms with Crippen LogP contribution < -0.4 is 25.3 Å². The molecule has 0 aromatic heterocycles. The monoisotopic (exact) mass is 839 g/mol. The van der Waals surface area contributed by atoms with Gasteiger partial charge in [-0.25, -0.2) is 0 Å². The van der Waals surface area contributed by atoms with Crippen molar-refractivity contribution >= 4 is 18.1 Å². The molecule has 3 aromatic carbocycles. The van der Waals surface area contributed by atoms with Crippen LogP contribution in [-0.2, 0) is 0 Å². The fourth-order valence-electron chi connectivity index (χ4n) is 8.79. The summed E-state index contributed by atoms with van der Waals surface area (Å²) in [6.45, 7) is 12.1. The third-order valence-corrected chi connectivity index (χ3v) is 12.4. The van der Waals surface area contributed by atoms with E-state index >= 15 is 0 Å². The highest BCUT2D eigenvalue weighted by Crippen LogP contribution is 2.38. The Morgan fingerprint density at radius 3 is 1.62 bits per heavy atom. The Hall–Kier alpha value is -4.19. The maximum absolute atomic E-state index is 13.7. The Labute approximate surface area is 369 Å². The zero-order valence-corrected chi connectivity index (χ0v) is 38.8. The van der Waals surface area contributed by atoms with Crippen LogP contribution in [0.25, 0.3) is 12.2 Å². The van der Waals surface area contributed by atoms with E-state index in [2.05, 4.69) is 110 Å². The first-order chi connectivity index (χ1) is 29.6. The molecule has 3 aromatic rings. The van der Waals surface area contributed by atoms with Gasteiger partial charge in [-0.15, -0.1) is 0 Å². The second-order valence-electron chi connectivity index (χ2n) is 17.1. The number of benzene rings is 3. The van der Waals surface area contributed by atoms with E-state index in [9.17, 15) is 4.79 Å². The Morgan fingerprint density at radius 2 is 1.18 bits per heavy atom. The maximum Gasteiger partial charge on any atom is 0.254 e. The summed E-state index contributed by atoms with van der Waals surface area (Å²) in [5.74, 6) is 1.39. The summed E-state index contributed by atoms with van der Waals surface area (Å²) in [4.78, 5) is 22.9. The number of likely N-dealkylation sites (tertiary alicyclic amines) is 3. The summed E-state index contributed by atoms with van der Waals surface area (Å²) < 4.78 is 16.4. The molecule has 3 N–H and O–H groups in total. The molecule has 10 nitrogen and oxygen atoms in total. The highest BCUT2D eigenvalue weighted by molar-refractivity contribution is 5.96. The normalized spacial score (nSPS) is 19.8. The Morgan fingerprint density at radius 1 is 0.705 bits per heavy atom. The van der Waals surface area contributed by atoms with Crippen molar-refractivity contribution in [1.29, 1.82) is 0 Å². The standard InChI is InChI=1S/C27H36N2O4.C17H26N2.C7H16N2/c1-20(16-21-10-7-6-8-11-21)19-29(15-13-23-12-9-14-28(23)2)27(30)22-17-24(31-3)26(33-5)25(18-22)32-4;1-15(13-16-7-4-3-5-8-16)14-18-11-10-17-9-6-12-19(17)2;1-9-6-2-3-7(9)4-5-8/h6-8,10-11,16-18,23H,9,12-15,19H2,1-5H3;3-5,7-8,13,17-18H,6,9-12,14H2,1-2H3;7H,2-6,8H2,1H3/b20-16+;15-13+;. The molecular weight excluding hydrogens is 761 g/mol. The fraction of sp³-hybridized carbons (Fsp3) is 0.549. The number of nitrogens with two attached hydrogens (primary N) is 1. The number of rotatable bonds is 18. The molecular formula is C51H78N6O4. The van der Waals surface area contributed by atoms with Gasteiger partial charge in [0, 0.05) is 43.3 Å². The second-order valence-corrected chi connectivity index (χ2v) is 17.1. The van der Waals surface area contributed by atoms with Crippen LogP contribution in [0.3, 0.4) is 0 Å². The largest absolute Gasteiger partial charge is 0.493 e. The molecule has 0 aliphatic carbocycles. The van der Waals surface area contributed by atoms with Gasteiger partial charge in [0.15, 0.2) is 11.5 Å². The molecule has 0 saturated carbocycles. The molecule has 3 unspecified atom stereocenters. The molecule has 0 spiro atoms. The number of ether oxygens (including phenoxy) is 3. The lowest BCUT2D eigenvalue weighted by atomic mass is 10.1. The summed E-state index contributed by atoms with van der Waals surface area (Å²) in [6, 6.07) is 26.3. The first-order valence-corrected chi connectivity index (χ1v) is 22.6. The first kappa shape index (κ1) is 49.5. The smallest absolute Gasteiger partial charge is 0.254 e. The van der Waals surface area contributed by atoms with Crippen molar-refractivity contribution in [2.45, 2.75) is 89.8 Å². The van der Waals surface area contributed by atoms with Gasteiger partial charge in [-0.3, -0.25) is 4.79 Å². The van der Waals surface area contributed by atoms with E-state index in [0.29, 0.717) is 41.9 Å².